The molecule has 0 bridgehead atoms. The zero-order valence-corrected chi connectivity index (χ0v) is 12.9. The minimum atomic E-state index is -4.85. The second-order valence-electron chi connectivity index (χ2n) is 5.73. The van der Waals surface area contributed by atoms with E-state index in [1.165, 1.54) is 6.92 Å². The molecule has 2 rings (SSSR count). The quantitative estimate of drug-likeness (QED) is 0.846. The van der Waals surface area contributed by atoms with Crippen LogP contribution in [-0.2, 0) is 4.79 Å². The van der Waals surface area contributed by atoms with E-state index in [0.717, 1.165) is 42.4 Å². The number of carbonyl (C=O) groups is 1. The largest absolute Gasteiger partial charge is 0.471 e. The van der Waals surface area contributed by atoms with E-state index < -0.39 is 12.1 Å². The first-order valence-corrected chi connectivity index (χ1v) is 7.56. The first-order chi connectivity index (χ1) is 10.3. The standard InChI is InChI=1S/C16H21F3N2O/c1-3-21(15(22)16(17,18)19)14-6-4-13(5-7-14)20-10-8-12(2)9-11-20/h4-7,12H,3,8-11H2,1-2H3. The fourth-order valence-corrected chi connectivity index (χ4v) is 2.71. The van der Waals surface area contributed by atoms with Gasteiger partial charge in [-0.25, -0.2) is 0 Å². The molecule has 0 saturated carbocycles. The maximum Gasteiger partial charge on any atom is 0.471 e. The van der Waals surface area contributed by atoms with Crippen molar-refractivity contribution in [1.82, 2.24) is 0 Å². The summed E-state index contributed by atoms with van der Waals surface area (Å²) in [5, 5.41) is 0. The number of carbonyl (C=O) groups excluding carboxylic acids is 1. The van der Waals surface area contributed by atoms with Gasteiger partial charge in [-0.2, -0.15) is 13.2 Å². The molecule has 0 radical (unpaired) electrons. The van der Waals surface area contributed by atoms with Gasteiger partial charge < -0.3 is 9.80 Å². The Bertz CT molecular complexity index is 505. The zero-order valence-electron chi connectivity index (χ0n) is 12.9. The van der Waals surface area contributed by atoms with E-state index in [4.69, 9.17) is 0 Å². The van der Waals surface area contributed by atoms with Gasteiger partial charge in [0.05, 0.1) is 0 Å². The van der Waals surface area contributed by atoms with Crippen LogP contribution in [0, 0.1) is 5.92 Å². The highest BCUT2D eigenvalue weighted by Gasteiger charge is 2.42. The van der Waals surface area contributed by atoms with Gasteiger partial charge in [-0.3, -0.25) is 4.79 Å². The number of nitrogens with zero attached hydrogens (tertiary/aromatic N) is 2. The van der Waals surface area contributed by atoms with Crippen LogP contribution in [0.3, 0.4) is 0 Å². The summed E-state index contributed by atoms with van der Waals surface area (Å²) in [7, 11) is 0. The van der Waals surface area contributed by atoms with Crippen LogP contribution in [0.5, 0.6) is 0 Å². The third-order valence-corrected chi connectivity index (χ3v) is 4.11. The van der Waals surface area contributed by atoms with Crippen LogP contribution in [0.25, 0.3) is 0 Å². The Hall–Kier alpha value is -1.72. The number of halogens is 3. The average Bonchev–Trinajstić information content (AvgIpc) is 2.48. The molecule has 1 aliphatic rings. The number of piperidine rings is 1. The molecule has 3 nitrogen and oxygen atoms in total. The lowest BCUT2D eigenvalue weighted by Gasteiger charge is -2.32. The van der Waals surface area contributed by atoms with Gasteiger partial charge in [-0.15, -0.1) is 0 Å². The summed E-state index contributed by atoms with van der Waals surface area (Å²) in [6.45, 7) is 5.66. The fourth-order valence-electron chi connectivity index (χ4n) is 2.71. The van der Waals surface area contributed by atoms with Gasteiger partial charge in [0.1, 0.15) is 0 Å². The minimum absolute atomic E-state index is 0.0150. The number of alkyl halides is 3. The summed E-state index contributed by atoms with van der Waals surface area (Å²) in [5.74, 6) is -1.11. The van der Waals surface area contributed by atoms with E-state index >= 15 is 0 Å². The molecule has 1 saturated heterocycles. The minimum Gasteiger partial charge on any atom is -0.372 e. The zero-order chi connectivity index (χ0) is 16.3. The third-order valence-electron chi connectivity index (χ3n) is 4.11. The molecule has 0 N–H and O–H groups in total. The lowest BCUT2D eigenvalue weighted by molar-refractivity contribution is -0.170. The topological polar surface area (TPSA) is 23.6 Å². The second kappa shape index (κ2) is 6.58. The molecule has 22 heavy (non-hydrogen) atoms. The van der Waals surface area contributed by atoms with Crippen LogP contribution in [0.15, 0.2) is 24.3 Å². The van der Waals surface area contributed by atoms with Crippen molar-refractivity contribution >= 4 is 17.3 Å². The highest BCUT2D eigenvalue weighted by molar-refractivity contribution is 5.97. The van der Waals surface area contributed by atoms with E-state index in [1.54, 1.807) is 24.3 Å². The molecular weight excluding hydrogens is 293 g/mol. The molecule has 0 aliphatic carbocycles. The predicted octanol–water partition coefficient (Wildman–Crippen LogP) is 3.84. The van der Waals surface area contributed by atoms with Crippen LogP contribution < -0.4 is 9.80 Å². The second-order valence-corrected chi connectivity index (χ2v) is 5.73. The van der Waals surface area contributed by atoms with Gasteiger partial charge in [0, 0.05) is 31.0 Å². The summed E-state index contributed by atoms with van der Waals surface area (Å²) in [4.78, 5) is 14.4. The number of hydrogen-bond donors (Lipinski definition) is 0. The van der Waals surface area contributed by atoms with E-state index in [1.807, 2.05) is 0 Å². The van der Waals surface area contributed by atoms with Crippen molar-refractivity contribution in [2.75, 3.05) is 29.4 Å². The summed E-state index contributed by atoms with van der Waals surface area (Å²) in [6.07, 6.45) is -2.61. The van der Waals surface area contributed by atoms with Gasteiger partial charge in [0.15, 0.2) is 0 Å². The van der Waals surface area contributed by atoms with Gasteiger partial charge >= 0.3 is 12.1 Å². The molecule has 1 aromatic carbocycles. The first kappa shape index (κ1) is 16.6. The van der Waals surface area contributed by atoms with Crippen molar-refractivity contribution in [2.24, 2.45) is 5.92 Å². The van der Waals surface area contributed by atoms with Gasteiger partial charge in [0.2, 0.25) is 0 Å². The van der Waals surface area contributed by atoms with Crippen LogP contribution >= 0.6 is 0 Å². The molecule has 1 aliphatic heterocycles. The Morgan fingerprint density at radius 1 is 1.23 bits per heavy atom. The monoisotopic (exact) mass is 314 g/mol. The van der Waals surface area contributed by atoms with Gasteiger partial charge in [0.25, 0.3) is 0 Å². The van der Waals surface area contributed by atoms with Gasteiger partial charge in [-0.05, 0) is 49.9 Å². The highest BCUT2D eigenvalue weighted by Crippen LogP contribution is 2.27. The molecule has 0 atom stereocenters. The summed E-state index contributed by atoms with van der Waals surface area (Å²) in [5.41, 5.74) is 1.27. The molecule has 0 unspecified atom stereocenters. The number of anilines is 2. The van der Waals surface area contributed by atoms with Crippen molar-refractivity contribution in [3.63, 3.8) is 0 Å². The van der Waals surface area contributed by atoms with Crippen molar-refractivity contribution in [2.45, 2.75) is 32.9 Å². The molecule has 6 heteroatoms. The number of hydrogen-bond acceptors (Lipinski definition) is 2. The Labute approximate surface area is 128 Å². The lowest BCUT2D eigenvalue weighted by Crippen LogP contribution is -2.41. The molecular formula is C16H21F3N2O. The lowest BCUT2D eigenvalue weighted by atomic mass is 9.99. The number of benzene rings is 1. The normalized spacial score (nSPS) is 16.7. The Morgan fingerprint density at radius 3 is 2.23 bits per heavy atom. The Morgan fingerprint density at radius 2 is 1.77 bits per heavy atom. The predicted molar refractivity (Wildman–Crippen MR) is 81.1 cm³/mol. The molecule has 0 aromatic heterocycles. The summed E-state index contributed by atoms with van der Waals surface area (Å²) >= 11 is 0. The molecule has 1 amide bonds. The van der Waals surface area contributed by atoms with Crippen LogP contribution in [-0.4, -0.2) is 31.7 Å². The van der Waals surface area contributed by atoms with Crippen LogP contribution in [0.1, 0.15) is 26.7 Å². The maximum atomic E-state index is 12.6. The number of rotatable bonds is 3. The highest BCUT2D eigenvalue weighted by atomic mass is 19.4. The van der Waals surface area contributed by atoms with Crippen molar-refractivity contribution < 1.29 is 18.0 Å². The summed E-state index contributed by atoms with van der Waals surface area (Å²) < 4.78 is 37.7. The van der Waals surface area contributed by atoms with E-state index in [0.29, 0.717) is 0 Å². The fraction of sp³-hybridized carbons (Fsp3) is 0.562. The average molecular weight is 314 g/mol. The molecule has 1 fully saturated rings. The molecule has 1 aromatic rings. The number of amides is 1. The van der Waals surface area contributed by atoms with Gasteiger partial charge in [-0.1, -0.05) is 6.92 Å². The third kappa shape index (κ3) is 3.72. The SMILES string of the molecule is CCN(C(=O)C(F)(F)F)c1ccc(N2CCC(C)CC2)cc1. The molecule has 122 valence electrons. The van der Waals surface area contributed by atoms with Crippen molar-refractivity contribution in [1.29, 1.82) is 0 Å². The van der Waals surface area contributed by atoms with E-state index in [-0.39, 0.29) is 12.2 Å². The van der Waals surface area contributed by atoms with Crippen molar-refractivity contribution in [3.05, 3.63) is 24.3 Å². The summed E-state index contributed by atoms with van der Waals surface area (Å²) in [6, 6.07) is 6.75. The van der Waals surface area contributed by atoms with E-state index in [9.17, 15) is 18.0 Å². The van der Waals surface area contributed by atoms with E-state index in [2.05, 4.69) is 11.8 Å². The Kier molecular flexibility index (Phi) is 4.98. The smallest absolute Gasteiger partial charge is 0.372 e. The Balaban J connectivity index is 2.12. The molecule has 1 heterocycles. The van der Waals surface area contributed by atoms with Crippen LogP contribution in [0.2, 0.25) is 0 Å². The maximum absolute atomic E-state index is 12.6. The first-order valence-electron chi connectivity index (χ1n) is 7.56. The van der Waals surface area contributed by atoms with Crippen LogP contribution in [0.4, 0.5) is 24.5 Å². The molecule has 0 spiro atoms. The van der Waals surface area contributed by atoms with Crippen molar-refractivity contribution in [3.8, 4) is 0 Å².